The molecule has 3 heterocycles. The molecule has 1 fully saturated rings. The van der Waals surface area contributed by atoms with Crippen molar-refractivity contribution in [3.8, 4) is 0 Å². The smallest absolute Gasteiger partial charge is 0.272 e. The molecule has 7 nitrogen and oxygen atoms in total. The molecule has 1 aliphatic heterocycles. The number of nitrogens with zero attached hydrogens (tertiary/aromatic N) is 4. The normalized spacial score (nSPS) is 17.5. The van der Waals surface area contributed by atoms with E-state index in [4.69, 9.17) is 0 Å². The lowest BCUT2D eigenvalue weighted by atomic mass is 10.1. The Labute approximate surface area is 157 Å². The molecule has 4 rings (SSSR count). The van der Waals surface area contributed by atoms with Crippen LogP contribution in [-0.4, -0.2) is 49.9 Å². The van der Waals surface area contributed by atoms with Crippen LogP contribution in [-0.2, 0) is 20.1 Å². The van der Waals surface area contributed by atoms with Crippen LogP contribution in [0.15, 0.2) is 42.9 Å². The average Bonchev–Trinajstić information content (AvgIpc) is 3.24. The van der Waals surface area contributed by atoms with Gasteiger partial charge < -0.3 is 10.4 Å². The van der Waals surface area contributed by atoms with Crippen molar-refractivity contribution in [2.45, 2.75) is 25.6 Å². The Balaban J connectivity index is 1.44. The number of amides is 1. The maximum Gasteiger partial charge on any atom is 0.272 e. The van der Waals surface area contributed by atoms with Crippen LogP contribution >= 0.6 is 0 Å². The second-order valence-corrected chi connectivity index (χ2v) is 7.09. The number of benzene rings is 1. The maximum absolute atomic E-state index is 12.7. The Morgan fingerprint density at radius 1 is 1.33 bits per heavy atom. The van der Waals surface area contributed by atoms with Gasteiger partial charge in [0.1, 0.15) is 0 Å². The van der Waals surface area contributed by atoms with Gasteiger partial charge in [-0.2, -0.15) is 5.10 Å². The minimum absolute atomic E-state index is 0.180. The zero-order chi connectivity index (χ0) is 18.8. The molecule has 27 heavy (non-hydrogen) atoms. The lowest BCUT2D eigenvalue weighted by Gasteiger charge is -2.14. The first-order valence-corrected chi connectivity index (χ1v) is 9.12. The molecule has 0 spiro atoms. The predicted molar refractivity (Wildman–Crippen MR) is 102 cm³/mol. The van der Waals surface area contributed by atoms with E-state index in [2.05, 4.69) is 26.4 Å². The summed E-state index contributed by atoms with van der Waals surface area (Å²) in [6, 6.07) is 8.02. The highest BCUT2D eigenvalue weighted by Crippen LogP contribution is 2.17. The van der Waals surface area contributed by atoms with Gasteiger partial charge in [-0.15, -0.1) is 0 Å². The van der Waals surface area contributed by atoms with Gasteiger partial charge in [-0.3, -0.25) is 19.4 Å². The Kier molecular flexibility index (Phi) is 4.87. The van der Waals surface area contributed by atoms with Crippen LogP contribution in [0.1, 0.15) is 28.0 Å². The lowest BCUT2D eigenvalue weighted by Crippen LogP contribution is -2.27. The van der Waals surface area contributed by atoms with Gasteiger partial charge in [-0.25, -0.2) is 0 Å². The van der Waals surface area contributed by atoms with Crippen LogP contribution in [0.2, 0.25) is 0 Å². The summed E-state index contributed by atoms with van der Waals surface area (Å²) in [6.07, 6.45) is 5.97. The van der Waals surface area contributed by atoms with Gasteiger partial charge in [-0.05, 0) is 29.5 Å². The van der Waals surface area contributed by atoms with Crippen molar-refractivity contribution in [1.29, 1.82) is 0 Å². The Morgan fingerprint density at radius 2 is 2.22 bits per heavy atom. The van der Waals surface area contributed by atoms with Crippen LogP contribution < -0.4 is 5.32 Å². The van der Waals surface area contributed by atoms with E-state index < -0.39 is 0 Å². The van der Waals surface area contributed by atoms with Gasteiger partial charge in [0.05, 0.1) is 6.10 Å². The number of rotatable bonds is 5. The SMILES string of the molecule is Cn1cc(CN2CCC(O)C2)c(C(=O)NCc2ccc3cnccc3c2)n1. The number of β-amino-alcohol motifs (C(OH)–C–C–N with tert-alkyl or cyclic N) is 1. The molecule has 0 bridgehead atoms. The van der Waals surface area contributed by atoms with Crippen LogP contribution in [0.3, 0.4) is 0 Å². The standard InChI is InChI=1S/C20H23N5O2/c1-24-11-17(12-25-7-5-18(26)13-25)19(23-24)20(27)22-9-14-2-3-16-10-21-6-4-15(16)8-14/h2-4,6,8,10-11,18,26H,5,7,9,12-13H2,1H3,(H,22,27). The fourth-order valence-electron chi connectivity index (χ4n) is 3.55. The number of aromatic nitrogens is 3. The van der Waals surface area contributed by atoms with Crippen LogP contribution in [0.5, 0.6) is 0 Å². The number of carbonyl (C=O) groups excluding carboxylic acids is 1. The summed E-state index contributed by atoms with van der Waals surface area (Å²) in [5.41, 5.74) is 2.36. The van der Waals surface area contributed by atoms with E-state index in [1.807, 2.05) is 37.6 Å². The number of aliphatic hydroxyl groups is 1. The maximum atomic E-state index is 12.7. The van der Waals surface area contributed by atoms with Crippen molar-refractivity contribution in [3.63, 3.8) is 0 Å². The molecule has 0 radical (unpaired) electrons. The molecule has 1 saturated heterocycles. The molecule has 3 aromatic rings. The topological polar surface area (TPSA) is 83.3 Å². The number of carbonyl (C=O) groups is 1. The van der Waals surface area contributed by atoms with Gasteiger partial charge in [0.15, 0.2) is 5.69 Å². The molecule has 1 unspecified atom stereocenters. The minimum atomic E-state index is -0.276. The Bertz CT molecular complexity index is 968. The van der Waals surface area contributed by atoms with Crippen molar-refractivity contribution in [3.05, 3.63) is 59.7 Å². The molecule has 7 heteroatoms. The van der Waals surface area contributed by atoms with Crippen molar-refractivity contribution >= 4 is 16.7 Å². The van der Waals surface area contributed by atoms with Gasteiger partial charge in [-0.1, -0.05) is 12.1 Å². The van der Waals surface area contributed by atoms with Gasteiger partial charge >= 0.3 is 0 Å². The third-order valence-electron chi connectivity index (χ3n) is 4.92. The third kappa shape index (κ3) is 3.99. The molecule has 1 atom stereocenters. The highest BCUT2D eigenvalue weighted by atomic mass is 16.3. The van der Waals surface area contributed by atoms with E-state index in [9.17, 15) is 9.90 Å². The summed E-state index contributed by atoms with van der Waals surface area (Å²) in [5, 5.41) is 19.2. The van der Waals surface area contributed by atoms with Gasteiger partial charge in [0, 0.05) is 62.8 Å². The first-order chi connectivity index (χ1) is 13.1. The van der Waals surface area contributed by atoms with Crippen molar-refractivity contribution in [2.75, 3.05) is 13.1 Å². The molecule has 0 saturated carbocycles. The van der Waals surface area contributed by atoms with Crippen molar-refractivity contribution < 1.29 is 9.90 Å². The number of fused-ring (bicyclic) bond motifs is 1. The number of nitrogens with one attached hydrogen (secondary N) is 1. The zero-order valence-corrected chi connectivity index (χ0v) is 15.3. The van der Waals surface area contributed by atoms with Gasteiger partial charge in [0.2, 0.25) is 0 Å². The molecular formula is C20H23N5O2. The summed E-state index contributed by atoms with van der Waals surface area (Å²) in [6.45, 7) is 2.54. The highest BCUT2D eigenvalue weighted by molar-refractivity contribution is 5.93. The molecule has 1 aliphatic rings. The number of aliphatic hydroxyl groups excluding tert-OH is 1. The fraction of sp³-hybridized carbons (Fsp3) is 0.350. The van der Waals surface area contributed by atoms with E-state index in [0.29, 0.717) is 25.3 Å². The first kappa shape index (κ1) is 17.6. The van der Waals surface area contributed by atoms with E-state index in [1.54, 1.807) is 10.9 Å². The molecule has 1 aromatic carbocycles. The zero-order valence-electron chi connectivity index (χ0n) is 15.3. The Morgan fingerprint density at radius 3 is 3.04 bits per heavy atom. The van der Waals surface area contributed by atoms with Crippen molar-refractivity contribution in [2.24, 2.45) is 7.05 Å². The summed E-state index contributed by atoms with van der Waals surface area (Å²) in [4.78, 5) is 19.0. The van der Waals surface area contributed by atoms with Gasteiger partial charge in [0.25, 0.3) is 5.91 Å². The highest BCUT2D eigenvalue weighted by Gasteiger charge is 2.23. The molecule has 140 valence electrons. The molecular weight excluding hydrogens is 342 g/mol. The van der Waals surface area contributed by atoms with E-state index in [1.165, 1.54) is 0 Å². The quantitative estimate of drug-likeness (QED) is 0.715. The number of hydrogen-bond acceptors (Lipinski definition) is 5. The van der Waals surface area contributed by atoms with E-state index in [-0.39, 0.29) is 12.0 Å². The average molecular weight is 365 g/mol. The summed E-state index contributed by atoms with van der Waals surface area (Å²) < 4.78 is 1.67. The largest absolute Gasteiger partial charge is 0.392 e. The monoisotopic (exact) mass is 365 g/mol. The molecule has 1 amide bonds. The van der Waals surface area contributed by atoms with E-state index in [0.717, 1.165) is 34.9 Å². The van der Waals surface area contributed by atoms with E-state index >= 15 is 0 Å². The summed E-state index contributed by atoms with van der Waals surface area (Å²) in [7, 11) is 1.82. The molecule has 0 aliphatic carbocycles. The predicted octanol–water partition coefficient (Wildman–Crippen LogP) is 1.46. The minimum Gasteiger partial charge on any atom is -0.392 e. The van der Waals surface area contributed by atoms with Crippen LogP contribution in [0, 0.1) is 0 Å². The number of likely N-dealkylation sites (tertiary alicyclic amines) is 1. The fourth-order valence-corrected chi connectivity index (χ4v) is 3.55. The van der Waals surface area contributed by atoms with Crippen LogP contribution in [0.4, 0.5) is 0 Å². The number of aryl methyl sites for hydroxylation is 1. The van der Waals surface area contributed by atoms with Crippen molar-refractivity contribution in [1.82, 2.24) is 25.0 Å². The lowest BCUT2D eigenvalue weighted by molar-refractivity contribution is 0.0943. The Hall–Kier alpha value is -2.77. The summed E-state index contributed by atoms with van der Waals surface area (Å²) >= 11 is 0. The molecule has 2 aromatic heterocycles. The first-order valence-electron chi connectivity index (χ1n) is 9.12. The number of hydrogen-bond donors (Lipinski definition) is 2. The third-order valence-corrected chi connectivity index (χ3v) is 4.92. The second-order valence-electron chi connectivity index (χ2n) is 7.09. The molecule has 2 N–H and O–H groups in total. The van der Waals surface area contributed by atoms with Crippen LogP contribution in [0.25, 0.3) is 10.8 Å². The summed E-state index contributed by atoms with van der Waals surface area (Å²) in [5.74, 6) is -0.180. The second kappa shape index (κ2) is 7.46. The number of pyridine rings is 1.